The second-order valence-electron chi connectivity index (χ2n) is 4.29. The van der Waals surface area contributed by atoms with E-state index in [1.807, 2.05) is 0 Å². The van der Waals surface area contributed by atoms with Crippen LogP contribution in [0, 0.1) is 0 Å². The molecule has 2 aromatic rings. The standard InChI is InChI=1S/C14H13N/c1-9-5-10-3-2-4-11-7-13(15)8-12(6-9)14(10)11/h2-5,7-8H,6,15H2,1H3. The Balaban J connectivity index is 2.48. The van der Waals surface area contributed by atoms with E-state index in [0.717, 1.165) is 12.1 Å². The zero-order chi connectivity index (χ0) is 10.4. The molecule has 74 valence electrons. The molecule has 15 heavy (non-hydrogen) atoms. The van der Waals surface area contributed by atoms with Crippen LogP contribution in [0.5, 0.6) is 0 Å². The van der Waals surface area contributed by atoms with Crippen molar-refractivity contribution in [2.24, 2.45) is 0 Å². The topological polar surface area (TPSA) is 26.0 Å². The quantitative estimate of drug-likeness (QED) is 0.641. The summed E-state index contributed by atoms with van der Waals surface area (Å²) < 4.78 is 0. The van der Waals surface area contributed by atoms with E-state index in [-0.39, 0.29) is 0 Å². The molecule has 0 heterocycles. The molecule has 0 spiro atoms. The van der Waals surface area contributed by atoms with Gasteiger partial charge in [-0.3, -0.25) is 0 Å². The van der Waals surface area contributed by atoms with E-state index in [4.69, 9.17) is 5.73 Å². The summed E-state index contributed by atoms with van der Waals surface area (Å²) in [6, 6.07) is 10.5. The van der Waals surface area contributed by atoms with Gasteiger partial charge in [0.15, 0.2) is 0 Å². The lowest BCUT2D eigenvalue weighted by Gasteiger charge is -2.16. The van der Waals surface area contributed by atoms with Gasteiger partial charge in [0.05, 0.1) is 0 Å². The molecule has 0 radical (unpaired) electrons. The fraction of sp³-hybridized carbons (Fsp3) is 0.143. The van der Waals surface area contributed by atoms with Crippen molar-refractivity contribution in [1.29, 1.82) is 0 Å². The molecule has 0 unspecified atom stereocenters. The number of benzene rings is 2. The number of allylic oxidation sites excluding steroid dienone is 1. The maximum atomic E-state index is 5.90. The lowest BCUT2D eigenvalue weighted by molar-refractivity contribution is 1.16. The van der Waals surface area contributed by atoms with Gasteiger partial charge in [-0.1, -0.05) is 29.8 Å². The zero-order valence-corrected chi connectivity index (χ0v) is 8.75. The van der Waals surface area contributed by atoms with Crippen molar-refractivity contribution in [2.75, 3.05) is 5.73 Å². The minimum absolute atomic E-state index is 0.865. The summed E-state index contributed by atoms with van der Waals surface area (Å²) in [7, 11) is 0. The van der Waals surface area contributed by atoms with Crippen LogP contribution in [0.4, 0.5) is 5.69 Å². The molecule has 1 aliphatic rings. The third-order valence-electron chi connectivity index (χ3n) is 2.98. The predicted octanol–water partition coefficient (Wildman–Crippen LogP) is 3.38. The van der Waals surface area contributed by atoms with Crippen LogP contribution in [0.3, 0.4) is 0 Å². The average Bonchev–Trinajstić information content (AvgIpc) is 2.16. The van der Waals surface area contributed by atoms with Crippen LogP contribution in [-0.4, -0.2) is 0 Å². The maximum absolute atomic E-state index is 5.90. The zero-order valence-electron chi connectivity index (χ0n) is 8.75. The molecule has 1 nitrogen and oxygen atoms in total. The van der Waals surface area contributed by atoms with Gasteiger partial charge in [0.25, 0.3) is 0 Å². The van der Waals surface area contributed by atoms with Crippen LogP contribution < -0.4 is 5.73 Å². The van der Waals surface area contributed by atoms with Crippen molar-refractivity contribution < 1.29 is 0 Å². The molecule has 3 rings (SSSR count). The van der Waals surface area contributed by atoms with E-state index in [1.165, 1.54) is 27.5 Å². The first kappa shape index (κ1) is 8.54. The summed E-state index contributed by atoms with van der Waals surface area (Å²) in [6.07, 6.45) is 3.30. The van der Waals surface area contributed by atoms with E-state index < -0.39 is 0 Å². The average molecular weight is 195 g/mol. The maximum Gasteiger partial charge on any atom is 0.0323 e. The van der Waals surface area contributed by atoms with Gasteiger partial charge in [-0.15, -0.1) is 0 Å². The number of hydrogen-bond acceptors (Lipinski definition) is 1. The summed E-state index contributed by atoms with van der Waals surface area (Å²) in [5.74, 6) is 0. The van der Waals surface area contributed by atoms with Crippen LogP contribution in [0.15, 0.2) is 35.9 Å². The molecule has 0 aromatic heterocycles. The molecule has 1 aliphatic carbocycles. The SMILES string of the molecule is CC1=Cc2cccc3cc(N)cc(c23)C1. The van der Waals surface area contributed by atoms with Gasteiger partial charge in [0, 0.05) is 5.69 Å². The molecule has 0 amide bonds. The Bertz CT molecular complexity index is 579. The van der Waals surface area contributed by atoms with Crippen molar-refractivity contribution >= 4 is 22.5 Å². The number of nitrogens with two attached hydrogens (primary N) is 1. The highest BCUT2D eigenvalue weighted by Gasteiger charge is 2.11. The minimum atomic E-state index is 0.865. The van der Waals surface area contributed by atoms with E-state index >= 15 is 0 Å². The van der Waals surface area contributed by atoms with Gasteiger partial charge < -0.3 is 5.73 Å². The first-order valence-corrected chi connectivity index (χ1v) is 5.22. The van der Waals surface area contributed by atoms with Crippen LogP contribution in [-0.2, 0) is 6.42 Å². The van der Waals surface area contributed by atoms with Crippen molar-refractivity contribution in [3.8, 4) is 0 Å². The van der Waals surface area contributed by atoms with Crippen molar-refractivity contribution in [3.05, 3.63) is 47.0 Å². The molecule has 2 aromatic carbocycles. The highest BCUT2D eigenvalue weighted by Crippen LogP contribution is 2.32. The summed E-state index contributed by atoms with van der Waals surface area (Å²) in [4.78, 5) is 0. The van der Waals surface area contributed by atoms with E-state index in [9.17, 15) is 0 Å². The molecular weight excluding hydrogens is 182 g/mol. The van der Waals surface area contributed by atoms with Gasteiger partial charge in [-0.25, -0.2) is 0 Å². The van der Waals surface area contributed by atoms with Crippen LogP contribution in [0.1, 0.15) is 18.1 Å². The second kappa shape index (κ2) is 2.86. The Hall–Kier alpha value is -1.76. The third-order valence-corrected chi connectivity index (χ3v) is 2.98. The van der Waals surface area contributed by atoms with Crippen LogP contribution in [0.25, 0.3) is 16.8 Å². The first-order chi connectivity index (χ1) is 7.24. The van der Waals surface area contributed by atoms with E-state index in [2.05, 4.69) is 43.3 Å². The number of rotatable bonds is 0. The van der Waals surface area contributed by atoms with Gasteiger partial charge in [-0.05, 0) is 47.4 Å². The predicted molar refractivity (Wildman–Crippen MR) is 65.7 cm³/mol. The van der Waals surface area contributed by atoms with Gasteiger partial charge >= 0.3 is 0 Å². The Kier molecular flexibility index (Phi) is 1.63. The van der Waals surface area contributed by atoms with Gasteiger partial charge in [-0.2, -0.15) is 0 Å². The smallest absolute Gasteiger partial charge is 0.0323 e. The number of anilines is 1. The molecule has 0 aliphatic heterocycles. The summed E-state index contributed by atoms with van der Waals surface area (Å²) in [6.45, 7) is 2.17. The molecule has 1 heteroatoms. The van der Waals surface area contributed by atoms with Crippen LogP contribution >= 0.6 is 0 Å². The molecule has 0 saturated carbocycles. The fourth-order valence-corrected chi connectivity index (χ4v) is 2.45. The highest BCUT2D eigenvalue weighted by atomic mass is 14.5. The lowest BCUT2D eigenvalue weighted by atomic mass is 9.89. The molecule has 2 N–H and O–H groups in total. The lowest BCUT2D eigenvalue weighted by Crippen LogP contribution is -1.98. The summed E-state index contributed by atoms with van der Waals surface area (Å²) in [5, 5.41) is 2.63. The first-order valence-electron chi connectivity index (χ1n) is 5.22. The largest absolute Gasteiger partial charge is 0.399 e. The normalized spacial score (nSPS) is 14.1. The minimum Gasteiger partial charge on any atom is -0.399 e. The molecule has 0 atom stereocenters. The van der Waals surface area contributed by atoms with E-state index in [0.29, 0.717) is 0 Å². The van der Waals surface area contributed by atoms with Gasteiger partial charge in [0.2, 0.25) is 0 Å². The number of hydrogen-bond donors (Lipinski definition) is 1. The Morgan fingerprint density at radius 3 is 2.93 bits per heavy atom. The summed E-state index contributed by atoms with van der Waals surface area (Å²) >= 11 is 0. The van der Waals surface area contributed by atoms with E-state index in [1.54, 1.807) is 0 Å². The number of nitrogen functional groups attached to an aromatic ring is 1. The van der Waals surface area contributed by atoms with Gasteiger partial charge in [0.1, 0.15) is 0 Å². The summed E-state index contributed by atoms with van der Waals surface area (Å²) in [5.41, 5.74) is 10.9. The Morgan fingerprint density at radius 1 is 1.20 bits per heavy atom. The monoisotopic (exact) mass is 195 g/mol. The van der Waals surface area contributed by atoms with Crippen LogP contribution in [0.2, 0.25) is 0 Å². The van der Waals surface area contributed by atoms with Crippen molar-refractivity contribution in [1.82, 2.24) is 0 Å². The second-order valence-corrected chi connectivity index (χ2v) is 4.29. The van der Waals surface area contributed by atoms with Crippen molar-refractivity contribution in [2.45, 2.75) is 13.3 Å². The third kappa shape index (κ3) is 1.23. The highest BCUT2D eigenvalue weighted by molar-refractivity contribution is 5.97. The van der Waals surface area contributed by atoms with Crippen molar-refractivity contribution in [3.63, 3.8) is 0 Å². The Morgan fingerprint density at radius 2 is 2.07 bits per heavy atom. The molecule has 0 saturated heterocycles. The molecule has 0 fully saturated rings. The Labute approximate surface area is 89.2 Å². The molecular formula is C14H13N. The fourth-order valence-electron chi connectivity index (χ4n) is 2.45. The molecule has 0 bridgehead atoms.